The normalized spacial score (nSPS) is 10.8. The van der Waals surface area contributed by atoms with E-state index in [9.17, 15) is 0 Å². The van der Waals surface area contributed by atoms with Gasteiger partial charge >= 0.3 is 0 Å². The van der Waals surface area contributed by atoms with Crippen LogP contribution in [0.4, 0.5) is 5.82 Å². The van der Waals surface area contributed by atoms with Crippen molar-refractivity contribution in [3.8, 4) is 5.95 Å². The van der Waals surface area contributed by atoms with Gasteiger partial charge in [-0.3, -0.25) is 4.57 Å². The lowest BCUT2D eigenvalue weighted by Gasteiger charge is -2.01. The Kier molecular flexibility index (Phi) is 1.83. The summed E-state index contributed by atoms with van der Waals surface area (Å²) in [6, 6.07) is 9.46. The lowest BCUT2D eigenvalue weighted by Crippen LogP contribution is -2.01. The summed E-state index contributed by atoms with van der Waals surface area (Å²) in [5.41, 5.74) is 7.50. The van der Waals surface area contributed by atoms with Crippen molar-refractivity contribution in [1.29, 1.82) is 0 Å². The Morgan fingerprint density at radius 2 is 1.94 bits per heavy atom. The highest BCUT2D eigenvalue weighted by Gasteiger charge is 2.05. The van der Waals surface area contributed by atoms with Gasteiger partial charge in [0.15, 0.2) is 0 Å². The molecule has 1 aromatic carbocycles. The summed E-state index contributed by atoms with van der Waals surface area (Å²) in [5, 5.41) is 0. The smallest absolute Gasteiger partial charge is 0.237 e. The largest absolute Gasteiger partial charge is 0.384 e. The van der Waals surface area contributed by atoms with Crippen LogP contribution < -0.4 is 5.73 Å². The third-order valence-electron chi connectivity index (χ3n) is 2.33. The molecule has 0 aliphatic carbocycles. The molecule has 0 aliphatic heterocycles. The molecule has 0 aliphatic rings. The molecular formula is C11H9N5. The highest BCUT2D eigenvalue weighted by molar-refractivity contribution is 5.76. The Morgan fingerprint density at radius 3 is 2.81 bits per heavy atom. The molecule has 0 unspecified atom stereocenters. The van der Waals surface area contributed by atoms with Crippen LogP contribution >= 0.6 is 0 Å². The van der Waals surface area contributed by atoms with E-state index in [1.54, 1.807) is 18.6 Å². The summed E-state index contributed by atoms with van der Waals surface area (Å²) in [6.45, 7) is 0. The van der Waals surface area contributed by atoms with E-state index < -0.39 is 0 Å². The zero-order valence-corrected chi connectivity index (χ0v) is 8.41. The molecule has 0 atom stereocenters. The number of hydrogen-bond donors (Lipinski definition) is 1. The third-order valence-corrected chi connectivity index (χ3v) is 2.33. The van der Waals surface area contributed by atoms with Gasteiger partial charge in [-0.25, -0.2) is 9.97 Å². The fourth-order valence-corrected chi connectivity index (χ4v) is 1.60. The molecule has 0 fully saturated rings. The lowest BCUT2D eigenvalue weighted by molar-refractivity contribution is 0.953. The fourth-order valence-electron chi connectivity index (χ4n) is 1.60. The summed E-state index contributed by atoms with van der Waals surface area (Å²) in [4.78, 5) is 12.6. The van der Waals surface area contributed by atoms with E-state index in [-0.39, 0.29) is 0 Å². The van der Waals surface area contributed by atoms with Gasteiger partial charge in [-0.2, -0.15) is 4.98 Å². The van der Waals surface area contributed by atoms with Crippen molar-refractivity contribution >= 4 is 16.9 Å². The van der Waals surface area contributed by atoms with E-state index in [1.165, 1.54) is 0 Å². The molecule has 2 heterocycles. The summed E-state index contributed by atoms with van der Waals surface area (Å²) < 4.78 is 1.81. The van der Waals surface area contributed by atoms with Crippen molar-refractivity contribution in [3.05, 3.63) is 42.9 Å². The molecule has 0 amide bonds. The van der Waals surface area contributed by atoms with E-state index in [2.05, 4.69) is 15.0 Å². The standard InChI is InChI=1S/C11H9N5/c12-10-5-6-13-11(15-10)16-7-14-8-3-1-2-4-9(8)16/h1-7H,(H2,12,13,15). The molecule has 5 heteroatoms. The quantitative estimate of drug-likeness (QED) is 0.660. The van der Waals surface area contributed by atoms with Crippen molar-refractivity contribution in [1.82, 2.24) is 19.5 Å². The van der Waals surface area contributed by atoms with Crippen LogP contribution in [0.2, 0.25) is 0 Å². The van der Waals surface area contributed by atoms with E-state index >= 15 is 0 Å². The highest BCUT2D eigenvalue weighted by atomic mass is 15.2. The molecule has 0 saturated heterocycles. The highest BCUT2D eigenvalue weighted by Crippen LogP contribution is 2.15. The molecule has 3 aromatic rings. The van der Waals surface area contributed by atoms with Gasteiger partial charge in [-0.15, -0.1) is 0 Å². The first-order chi connectivity index (χ1) is 7.84. The first kappa shape index (κ1) is 8.84. The minimum atomic E-state index is 0.447. The molecular weight excluding hydrogens is 202 g/mol. The number of benzene rings is 1. The number of aromatic nitrogens is 4. The van der Waals surface area contributed by atoms with Gasteiger partial charge in [0.2, 0.25) is 5.95 Å². The summed E-state index contributed by atoms with van der Waals surface area (Å²) in [7, 11) is 0. The second kappa shape index (κ2) is 3.30. The topological polar surface area (TPSA) is 69.6 Å². The number of nitrogens with two attached hydrogens (primary N) is 1. The van der Waals surface area contributed by atoms with Gasteiger partial charge in [0.05, 0.1) is 11.0 Å². The third kappa shape index (κ3) is 1.30. The molecule has 3 rings (SSSR count). The molecule has 0 bridgehead atoms. The Hall–Kier alpha value is -2.43. The number of nitrogens with zero attached hydrogens (tertiary/aromatic N) is 4. The maximum Gasteiger partial charge on any atom is 0.237 e. The predicted molar refractivity (Wildman–Crippen MR) is 61.1 cm³/mol. The fraction of sp³-hybridized carbons (Fsp3) is 0. The van der Waals surface area contributed by atoms with Crippen LogP contribution in [0.25, 0.3) is 17.0 Å². The van der Waals surface area contributed by atoms with Crippen molar-refractivity contribution in [3.63, 3.8) is 0 Å². The van der Waals surface area contributed by atoms with Crippen molar-refractivity contribution in [2.45, 2.75) is 0 Å². The van der Waals surface area contributed by atoms with Crippen LogP contribution in [0.15, 0.2) is 42.9 Å². The van der Waals surface area contributed by atoms with Gasteiger partial charge in [0.1, 0.15) is 12.1 Å². The number of para-hydroxylation sites is 2. The lowest BCUT2D eigenvalue weighted by atomic mass is 10.3. The number of fused-ring (bicyclic) bond motifs is 1. The maximum absolute atomic E-state index is 5.62. The van der Waals surface area contributed by atoms with Crippen molar-refractivity contribution in [2.24, 2.45) is 0 Å². The van der Waals surface area contributed by atoms with Gasteiger partial charge < -0.3 is 5.73 Å². The first-order valence-corrected chi connectivity index (χ1v) is 4.85. The van der Waals surface area contributed by atoms with Gasteiger partial charge in [-0.05, 0) is 18.2 Å². The number of hydrogen-bond acceptors (Lipinski definition) is 4. The molecule has 2 N–H and O–H groups in total. The van der Waals surface area contributed by atoms with Gasteiger partial charge in [0.25, 0.3) is 0 Å². The molecule has 0 spiro atoms. The molecule has 16 heavy (non-hydrogen) atoms. The minimum Gasteiger partial charge on any atom is -0.384 e. The number of imidazole rings is 1. The van der Waals surface area contributed by atoms with Crippen molar-refractivity contribution in [2.75, 3.05) is 5.73 Å². The SMILES string of the molecule is Nc1ccnc(-n2cnc3ccccc32)n1. The Balaban J connectivity index is 2.26. The zero-order chi connectivity index (χ0) is 11.0. The van der Waals surface area contributed by atoms with Crippen LogP contribution in [-0.2, 0) is 0 Å². The van der Waals surface area contributed by atoms with Crippen LogP contribution in [-0.4, -0.2) is 19.5 Å². The minimum absolute atomic E-state index is 0.447. The van der Waals surface area contributed by atoms with Gasteiger partial charge in [0, 0.05) is 6.20 Å². The van der Waals surface area contributed by atoms with E-state index in [4.69, 9.17) is 5.73 Å². The van der Waals surface area contributed by atoms with Crippen LogP contribution in [0.5, 0.6) is 0 Å². The van der Waals surface area contributed by atoms with E-state index in [0.29, 0.717) is 11.8 Å². The number of anilines is 1. The molecule has 5 nitrogen and oxygen atoms in total. The predicted octanol–water partition coefficient (Wildman–Crippen LogP) is 1.40. The second-order valence-corrected chi connectivity index (χ2v) is 3.38. The first-order valence-electron chi connectivity index (χ1n) is 4.85. The summed E-state index contributed by atoms with van der Waals surface area (Å²) in [6.07, 6.45) is 3.33. The number of nitrogen functional groups attached to an aromatic ring is 1. The van der Waals surface area contributed by atoms with Crippen LogP contribution in [0.1, 0.15) is 0 Å². The molecule has 0 radical (unpaired) electrons. The Bertz CT molecular complexity index is 643. The van der Waals surface area contributed by atoms with Crippen molar-refractivity contribution < 1.29 is 0 Å². The van der Waals surface area contributed by atoms with Gasteiger partial charge in [-0.1, -0.05) is 12.1 Å². The summed E-state index contributed by atoms with van der Waals surface area (Å²) in [5.74, 6) is 0.983. The van der Waals surface area contributed by atoms with E-state index in [0.717, 1.165) is 11.0 Å². The Labute approximate surface area is 91.6 Å². The Morgan fingerprint density at radius 1 is 1.06 bits per heavy atom. The van der Waals surface area contributed by atoms with E-state index in [1.807, 2.05) is 28.8 Å². The van der Waals surface area contributed by atoms with Crippen LogP contribution in [0, 0.1) is 0 Å². The monoisotopic (exact) mass is 211 g/mol. The average molecular weight is 211 g/mol. The molecule has 78 valence electrons. The second-order valence-electron chi connectivity index (χ2n) is 3.38. The molecule has 0 saturated carbocycles. The van der Waals surface area contributed by atoms with Crippen LogP contribution in [0.3, 0.4) is 0 Å². The summed E-state index contributed by atoms with van der Waals surface area (Å²) >= 11 is 0. The molecule has 2 aromatic heterocycles. The average Bonchev–Trinajstić information content (AvgIpc) is 2.72. The number of rotatable bonds is 1. The maximum atomic E-state index is 5.62. The zero-order valence-electron chi connectivity index (χ0n) is 8.41.